The standard InChI is InChI=1S/C14H26N2O3/c1-4-7-11(13(17)18)15-14(19)16(3)12-9-6-5-8-10(12)2/h10-12H,4-9H2,1-3H3,(H,15,19)(H,17,18). The summed E-state index contributed by atoms with van der Waals surface area (Å²) >= 11 is 0. The van der Waals surface area contributed by atoms with Crippen LogP contribution < -0.4 is 5.32 Å². The van der Waals surface area contributed by atoms with Crippen LogP contribution in [0.1, 0.15) is 52.4 Å². The number of carboxylic acids is 1. The third-order valence-corrected chi connectivity index (χ3v) is 4.06. The Labute approximate surface area is 115 Å². The average Bonchev–Trinajstić information content (AvgIpc) is 2.37. The Morgan fingerprint density at radius 2 is 2.00 bits per heavy atom. The smallest absolute Gasteiger partial charge is 0.326 e. The van der Waals surface area contributed by atoms with Crippen molar-refractivity contribution in [2.45, 2.75) is 64.5 Å². The van der Waals surface area contributed by atoms with Crippen molar-refractivity contribution >= 4 is 12.0 Å². The van der Waals surface area contributed by atoms with Gasteiger partial charge >= 0.3 is 12.0 Å². The fraction of sp³-hybridized carbons (Fsp3) is 0.857. The van der Waals surface area contributed by atoms with Crippen molar-refractivity contribution < 1.29 is 14.7 Å². The Morgan fingerprint density at radius 3 is 2.53 bits per heavy atom. The van der Waals surface area contributed by atoms with E-state index in [0.29, 0.717) is 12.3 Å². The minimum Gasteiger partial charge on any atom is -0.480 e. The zero-order valence-corrected chi connectivity index (χ0v) is 12.2. The van der Waals surface area contributed by atoms with E-state index in [1.807, 2.05) is 6.92 Å². The molecule has 110 valence electrons. The maximum atomic E-state index is 12.1. The minimum absolute atomic E-state index is 0.227. The van der Waals surface area contributed by atoms with Crippen LogP contribution in [-0.2, 0) is 4.79 Å². The van der Waals surface area contributed by atoms with Gasteiger partial charge in [-0.2, -0.15) is 0 Å². The highest BCUT2D eigenvalue weighted by molar-refractivity contribution is 5.82. The van der Waals surface area contributed by atoms with Gasteiger partial charge in [-0.05, 0) is 25.2 Å². The molecule has 2 N–H and O–H groups in total. The minimum atomic E-state index is -0.958. The Bertz CT molecular complexity index is 320. The quantitative estimate of drug-likeness (QED) is 0.806. The molecule has 1 saturated carbocycles. The van der Waals surface area contributed by atoms with Crippen LogP contribution in [0.3, 0.4) is 0 Å². The van der Waals surface area contributed by atoms with Gasteiger partial charge in [-0.25, -0.2) is 9.59 Å². The van der Waals surface area contributed by atoms with Gasteiger partial charge in [0.1, 0.15) is 6.04 Å². The highest BCUT2D eigenvalue weighted by Crippen LogP contribution is 2.27. The van der Waals surface area contributed by atoms with Crippen LogP contribution in [0.25, 0.3) is 0 Å². The SMILES string of the molecule is CCCC(NC(=O)N(C)C1CCCCC1C)C(=O)O. The molecule has 0 heterocycles. The summed E-state index contributed by atoms with van der Waals surface area (Å²) in [5, 5.41) is 11.7. The first-order valence-electron chi connectivity index (χ1n) is 7.23. The first-order valence-corrected chi connectivity index (χ1v) is 7.23. The van der Waals surface area contributed by atoms with Gasteiger partial charge in [0, 0.05) is 13.1 Å². The van der Waals surface area contributed by atoms with Crippen molar-refractivity contribution in [1.82, 2.24) is 10.2 Å². The molecule has 3 atom stereocenters. The van der Waals surface area contributed by atoms with Gasteiger partial charge in [-0.1, -0.05) is 33.1 Å². The maximum absolute atomic E-state index is 12.1. The number of hydrogen-bond acceptors (Lipinski definition) is 2. The van der Waals surface area contributed by atoms with Gasteiger partial charge in [0.05, 0.1) is 0 Å². The van der Waals surface area contributed by atoms with Crippen molar-refractivity contribution in [3.8, 4) is 0 Å². The van der Waals surface area contributed by atoms with E-state index >= 15 is 0 Å². The van der Waals surface area contributed by atoms with Crippen LogP contribution in [-0.4, -0.2) is 41.1 Å². The fourth-order valence-corrected chi connectivity index (χ4v) is 2.82. The number of nitrogens with zero attached hydrogens (tertiary/aromatic N) is 1. The lowest BCUT2D eigenvalue weighted by Gasteiger charge is -2.36. The van der Waals surface area contributed by atoms with Crippen molar-refractivity contribution in [2.24, 2.45) is 5.92 Å². The molecule has 1 aliphatic rings. The highest BCUT2D eigenvalue weighted by Gasteiger charge is 2.29. The van der Waals surface area contributed by atoms with Gasteiger partial charge in [0.25, 0.3) is 0 Å². The summed E-state index contributed by atoms with van der Waals surface area (Å²) in [4.78, 5) is 24.9. The van der Waals surface area contributed by atoms with E-state index in [1.165, 1.54) is 6.42 Å². The predicted molar refractivity (Wildman–Crippen MR) is 74.0 cm³/mol. The van der Waals surface area contributed by atoms with Gasteiger partial charge in [0.15, 0.2) is 0 Å². The zero-order chi connectivity index (χ0) is 14.4. The average molecular weight is 270 g/mol. The summed E-state index contributed by atoms with van der Waals surface area (Å²) in [7, 11) is 1.77. The monoisotopic (exact) mass is 270 g/mol. The molecule has 19 heavy (non-hydrogen) atoms. The molecule has 0 aromatic carbocycles. The summed E-state index contributed by atoms with van der Waals surface area (Å²) in [6.07, 6.45) is 5.72. The second-order valence-corrected chi connectivity index (χ2v) is 5.57. The number of aliphatic carboxylic acids is 1. The molecule has 0 saturated heterocycles. The fourth-order valence-electron chi connectivity index (χ4n) is 2.82. The third kappa shape index (κ3) is 4.40. The van der Waals surface area contributed by atoms with E-state index in [1.54, 1.807) is 11.9 Å². The number of carbonyl (C=O) groups is 2. The summed E-state index contributed by atoms with van der Waals surface area (Å²) in [5.41, 5.74) is 0. The molecule has 1 fully saturated rings. The van der Waals surface area contributed by atoms with E-state index in [0.717, 1.165) is 25.7 Å². The van der Waals surface area contributed by atoms with Crippen molar-refractivity contribution in [1.29, 1.82) is 0 Å². The first-order chi connectivity index (χ1) is 8.97. The highest BCUT2D eigenvalue weighted by atomic mass is 16.4. The summed E-state index contributed by atoms with van der Waals surface area (Å²) in [5.74, 6) is -0.473. The van der Waals surface area contributed by atoms with E-state index in [-0.39, 0.29) is 12.1 Å². The maximum Gasteiger partial charge on any atom is 0.326 e. The number of carbonyl (C=O) groups excluding carboxylic acids is 1. The van der Waals surface area contributed by atoms with Crippen molar-refractivity contribution in [3.05, 3.63) is 0 Å². The van der Waals surface area contributed by atoms with Gasteiger partial charge < -0.3 is 15.3 Å². The number of carboxylic acid groups (broad SMARTS) is 1. The molecule has 3 unspecified atom stereocenters. The van der Waals surface area contributed by atoms with E-state index < -0.39 is 12.0 Å². The van der Waals surface area contributed by atoms with Crippen LogP contribution in [0, 0.1) is 5.92 Å². The summed E-state index contributed by atoms with van der Waals surface area (Å²) in [6, 6.07) is -0.816. The molecule has 1 aliphatic carbocycles. The molecule has 0 aliphatic heterocycles. The van der Waals surface area contributed by atoms with Gasteiger partial charge in [-0.15, -0.1) is 0 Å². The molecule has 0 bridgehead atoms. The lowest BCUT2D eigenvalue weighted by molar-refractivity contribution is -0.139. The number of nitrogens with one attached hydrogen (secondary N) is 1. The molecule has 1 rings (SSSR count). The van der Waals surface area contributed by atoms with Crippen LogP contribution in [0.5, 0.6) is 0 Å². The molecule has 5 heteroatoms. The van der Waals surface area contributed by atoms with Crippen molar-refractivity contribution in [3.63, 3.8) is 0 Å². The molecule has 5 nitrogen and oxygen atoms in total. The molecular weight excluding hydrogens is 244 g/mol. The van der Waals surface area contributed by atoms with Crippen LogP contribution in [0.2, 0.25) is 0 Å². The molecule has 0 spiro atoms. The zero-order valence-electron chi connectivity index (χ0n) is 12.2. The second-order valence-electron chi connectivity index (χ2n) is 5.57. The van der Waals surface area contributed by atoms with Crippen molar-refractivity contribution in [2.75, 3.05) is 7.05 Å². The Balaban J connectivity index is 2.57. The number of hydrogen-bond donors (Lipinski definition) is 2. The van der Waals surface area contributed by atoms with Gasteiger partial charge in [-0.3, -0.25) is 0 Å². The predicted octanol–water partition coefficient (Wildman–Crippen LogP) is 2.46. The molecule has 2 amide bonds. The first kappa shape index (κ1) is 15.8. The Morgan fingerprint density at radius 1 is 1.37 bits per heavy atom. The van der Waals surface area contributed by atoms with Crippen LogP contribution in [0.4, 0.5) is 4.79 Å². The molecule has 0 radical (unpaired) electrons. The molecular formula is C14H26N2O3. The van der Waals surface area contributed by atoms with Crippen LogP contribution in [0.15, 0.2) is 0 Å². The van der Waals surface area contributed by atoms with E-state index in [4.69, 9.17) is 5.11 Å². The molecule has 0 aromatic heterocycles. The Hall–Kier alpha value is -1.26. The number of rotatable bonds is 5. The lowest BCUT2D eigenvalue weighted by atomic mass is 9.85. The third-order valence-electron chi connectivity index (χ3n) is 4.06. The summed E-state index contributed by atoms with van der Waals surface area (Å²) in [6.45, 7) is 4.07. The number of amides is 2. The second kappa shape index (κ2) is 7.36. The Kier molecular flexibility index (Phi) is 6.12. The lowest BCUT2D eigenvalue weighted by Crippen LogP contribution is -2.51. The van der Waals surface area contributed by atoms with E-state index in [2.05, 4.69) is 12.2 Å². The topological polar surface area (TPSA) is 69.6 Å². The summed E-state index contributed by atoms with van der Waals surface area (Å²) < 4.78 is 0. The molecule has 0 aromatic rings. The van der Waals surface area contributed by atoms with E-state index in [9.17, 15) is 9.59 Å². The van der Waals surface area contributed by atoms with Crippen LogP contribution >= 0.6 is 0 Å². The normalized spacial score (nSPS) is 24.6. The largest absolute Gasteiger partial charge is 0.480 e. The van der Waals surface area contributed by atoms with Gasteiger partial charge in [0.2, 0.25) is 0 Å². The number of urea groups is 1.